The van der Waals surface area contributed by atoms with Crippen LogP contribution in [0.15, 0.2) is 47.4 Å². The van der Waals surface area contributed by atoms with Crippen molar-refractivity contribution < 1.29 is 21.6 Å². The van der Waals surface area contributed by atoms with E-state index in [0.29, 0.717) is 5.69 Å². The van der Waals surface area contributed by atoms with Crippen molar-refractivity contribution in [3.63, 3.8) is 0 Å². The number of benzene rings is 2. The van der Waals surface area contributed by atoms with E-state index in [-0.39, 0.29) is 16.3 Å². The Bertz CT molecular complexity index is 1150. The molecule has 1 fully saturated rings. The highest BCUT2D eigenvalue weighted by molar-refractivity contribution is 7.94. The quantitative estimate of drug-likeness (QED) is 0.817. The molecule has 1 aliphatic heterocycles. The van der Waals surface area contributed by atoms with Crippen molar-refractivity contribution in [2.24, 2.45) is 5.41 Å². The number of carbonyl (C=O) groups is 1. The Balaban J connectivity index is 1.90. The molecule has 1 amide bonds. The summed E-state index contributed by atoms with van der Waals surface area (Å²) in [5.74, 6) is -0.816. The van der Waals surface area contributed by atoms with Gasteiger partial charge in [-0.1, -0.05) is 6.07 Å². The Labute approximate surface area is 165 Å². The van der Waals surface area contributed by atoms with E-state index in [4.69, 9.17) is 0 Å². The molecular formula is C19H22N2O5S2. The predicted molar refractivity (Wildman–Crippen MR) is 108 cm³/mol. The Morgan fingerprint density at radius 3 is 2.11 bits per heavy atom. The van der Waals surface area contributed by atoms with Crippen LogP contribution in [0.5, 0.6) is 0 Å². The highest BCUT2D eigenvalue weighted by Crippen LogP contribution is 2.36. The van der Waals surface area contributed by atoms with E-state index in [1.165, 1.54) is 24.3 Å². The zero-order valence-corrected chi connectivity index (χ0v) is 17.7. The van der Waals surface area contributed by atoms with Crippen LogP contribution in [-0.2, 0) is 24.8 Å². The number of aryl methyl sites for hydroxylation is 2. The number of hydrogen-bond donors (Lipinski definition) is 1. The van der Waals surface area contributed by atoms with Crippen LogP contribution in [0, 0.1) is 19.3 Å². The minimum absolute atomic E-state index is 0.0298. The second-order valence-electron chi connectivity index (χ2n) is 7.61. The van der Waals surface area contributed by atoms with Crippen LogP contribution in [0.25, 0.3) is 0 Å². The van der Waals surface area contributed by atoms with E-state index in [1.54, 1.807) is 26.0 Å². The summed E-state index contributed by atoms with van der Waals surface area (Å²) in [6, 6.07) is 10.4. The van der Waals surface area contributed by atoms with Crippen LogP contribution in [0.4, 0.5) is 11.4 Å². The summed E-state index contributed by atoms with van der Waals surface area (Å²) in [5.41, 5.74) is 1.54. The second kappa shape index (κ2) is 6.59. The molecule has 0 bridgehead atoms. The van der Waals surface area contributed by atoms with Crippen molar-refractivity contribution >= 4 is 37.3 Å². The van der Waals surface area contributed by atoms with E-state index >= 15 is 0 Å². The molecule has 0 aromatic heterocycles. The highest BCUT2D eigenvalue weighted by atomic mass is 32.2. The zero-order chi connectivity index (χ0) is 20.9. The summed E-state index contributed by atoms with van der Waals surface area (Å²) in [6.45, 7) is 6.95. The summed E-state index contributed by atoms with van der Waals surface area (Å²) in [6.07, 6.45) is 0. The van der Waals surface area contributed by atoms with Crippen LogP contribution in [0.3, 0.4) is 0 Å². The average molecular weight is 423 g/mol. The first-order chi connectivity index (χ1) is 12.8. The van der Waals surface area contributed by atoms with E-state index in [9.17, 15) is 21.6 Å². The monoisotopic (exact) mass is 422 g/mol. The van der Waals surface area contributed by atoms with Gasteiger partial charge in [0.1, 0.15) is 0 Å². The SMILES string of the molecule is Cc1ccc(NS(=O)(=O)c2ccc(N3C(=O)C(C)(C)CS3(=O)=O)cc2)cc1C. The first kappa shape index (κ1) is 20.3. The summed E-state index contributed by atoms with van der Waals surface area (Å²) in [7, 11) is -7.64. The third-order valence-electron chi connectivity index (χ3n) is 4.73. The Morgan fingerprint density at radius 2 is 1.61 bits per heavy atom. The fraction of sp³-hybridized carbons (Fsp3) is 0.316. The van der Waals surface area contributed by atoms with Gasteiger partial charge in [0.2, 0.25) is 15.9 Å². The molecule has 2 aromatic carbocycles. The largest absolute Gasteiger partial charge is 0.280 e. The van der Waals surface area contributed by atoms with Crippen molar-refractivity contribution in [1.29, 1.82) is 0 Å². The average Bonchev–Trinajstić information content (AvgIpc) is 2.74. The predicted octanol–water partition coefficient (Wildman–Crippen LogP) is 2.81. The molecule has 0 spiro atoms. The lowest BCUT2D eigenvalue weighted by Gasteiger charge is -2.18. The normalized spacial score (nSPS) is 18.3. The third kappa shape index (κ3) is 3.64. The molecule has 7 nitrogen and oxygen atoms in total. The van der Waals surface area contributed by atoms with Gasteiger partial charge >= 0.3 is 0 Å². The van der Waals surface area contributed by atoms with Gasteiger partial charge in [-0.15, -0.1) is 0 Å². The number of nitrogens with one attached hydrogen (secondary N) is 1. The van der Waals surface area contributed by atoms with Crippen molar-refractivity contribution in [3.8, 4) is 0 Å². The Kier molecular flexibility index (Phi) is 4.79. The summed E-state index contributed by atoms with van der Waals surface area (Å²) in [4.78, 5) is 12.4. The van der Waals surface area contributed by atoms with Gasteiger partial charge in [-0.3, -0.25) is 9.52 Å². The molecule has 1 saturated heterocycles. The van der Waals surface area contributed by atoms with Gasteiger partial charge in [-0.25, -0.2) is 21.1 Å². The first-order valence-electron chi connectivity index (χ1n) is 8.61. The number of sulfonamides is 2. The van der Waals surface area contributed by atoms with Crippen LogP contribution >= 0.6 is 0 Å². The lowest BCUT2D eigenvalue weighted by molar-refractivity contribution is -0.123. The molecule has 0 radical (unpaired) electrons. The molecule has 1 N–H and O–H groups in total. The summed E-state index contributed by atoms with van der Waals surface area (Å²) < 4.78 is 53.2. The standard InChI is InChI=1S/C19H22N2O5S2/c1-13-5-6-15(11-14(13)2)20-28(25,26)17-9-7-16(8-10-17)21-18(22)19(3,4)12-27(21,23)24/h5-11,20H,12H2,1-4H3. The van der Waals surface area contributed by atoms with Gasteiger partial charge in [-0.2, -0.15) is 0 Å². The maximum absolute atomic E-state index is 12.6. The second-order valence-corrected chi connectivity index (χ2v) is 11.1. The smallest absolute Gasteiger partial charge is 0.261 e. The van der Waals surface area contributed by atoms with Gasteiger partial charge in [0.05, 0.1) is 21.8 Å². The van der Waals surface area contributed by atoms with Gasteiger partial charge in [0.15, 0.2) is 0 Å². The first-order valence-corrected chi connectivity index (χ1v) is 11.7. The number of nitrogens with zero attached hydrogens (tertiary/aromatic N) is 1. The Morgan fingerprint density at radius 1 is 1.00 bits per heavy atom. The molecule has 150 valence electrons. The van der Waals surface area contributed by atoms with Crippen LogP contribution < -0.4 is 9.03 Å². The fourth-order valence-corrected chi connectivity index (χ4v) is 6.20. The minimum Gasteiger partial charge on any atom is -0.280 e. The number of rotatable bonds is 4. The lowest BCUT2D eigenvalue weighted by Crippen LogP contribution is -2.32. The van der Waals surface area contributed by atoms with Gasteiger partial charge in [0.25, 0.3) is 10.0 Å². The number of amides is 1. The number of carbonyl (C=O) groups excluding carboxylic acids is 1. The molecule has 0 atom stereocenters. The molecule has 0 unspecified atom stereocenters. The molecule has 28 heavy (non-hydrogen) atoms. The topological polar surface area (TPSA) is 101 Å². The van der Waals surface area contributed by atoms with Crippen molar-refractivity contribution in [3.05, 3.63) is 53.6 Å². The molecule has 1 heterocycles. The van der Waals surface area contributed by atoms with Crippen molar-refractivity contribution in [2.45, 2.75) is 32.6 Å². The maximum Gasteiger partial charge on any atom is 0.261 e. The molecule has 0 saturated carbocycles. The molecule has 1 aliphatic rings. The molecule has 9 heteroatoms. The van der Waals surface area contributed by atoms with Crippen LogP contribution in [0.1, 0.15) is 25.0 Å². The van der Waals surface area contributed by atoms with Crippen LogP contribution in [-0.4, -0.2) is 28.5 Å². The summed E-state index contributed by atoms with van der Waals surface area (Å²) in [5, 5.41) is 0. The minimum atomic E-state index is -3.85. The van der Waals surface area contributed by atoms with E-state index in [0.717, 1.165) is 15.4 Å². The molecular weight excluding hydrogens is 400 g/mol. The van der Waals surface area contributed by atoms with E-state index in [2.05, 4.69) is 4.72 Å². The highest BCUT2D eigenvalue weighted by Gasteiger charge is 2.49. The molecule has 2 aromatic rings. The van der Waals surface area contributed by atoms with Crippen LogP contribution in [0.2, 0.25) is 0 Å². The fourth-order valence-electron chi connectivity index (χ4n) is 3.04. The van der Waals surface area contributed by atoms with Gasteiger partial charge < -0.3 is 0 Å². The van der Waals surface area contributed by atoms with E-state index in [1.807, 2.05) is 19.9 Å². The lowest BCUT2D eigenvalue weighted by atomic mass is 9.95. The number of hydrogen-bond acceptors (Lipinski definition) is 5. The summed E-state index contributed by atoms with van der Waals surface area (Å²) >= 11 is 0. The zero-order valence-electron chi connectivity index (χ0n) is 16.1. The van der Waals surface area contributed by atoms with Gasteiger partial charge in [0, 0.05) is 5.69 Å². The van der Waals surface area contributed by atoms with E-state index < -0.39 is 31.4 Å². The third-order valence-corrected chi connectivity index (χ3v) is 8.14. The molecule has 3 rings (SSSR count). The van der Waals surface area contributed by atoms with Crippen molar-refractivity contribution in [2.75, 3.05) is 14.8 Å². The Hall–Kier alpha value is -2.39. The molecule has 0 aliphatic carbocycles. The van der Waals surface area contributed by atoms with Gasteiger partial charge in [-0.05, 0) is 75.2 Å². The van der Waals surface area contributed by atoms with Crippen molar-refractivity contribution in [1.82, 2.24) is 0 Å². The maximum atomic E-state index is 12.6. The number of anilines is 2.